The second-order valence-electron chi connectivity index (χ2n) is 6.84. The summed E-state index contributed by atoms with van der Waals surface area (Å²) in [6.07, 6.45) is 3.86. The van der Waals surface area contributed by atoms with Crippen molar-refractivity contribution in [3.8, 4) is 11.1 Å². The molecule has 4 rings (SSSR count). The third-order valence-corrected chi connectivity index (χ3v) is 5.11. The van der Waals surface area contributed by atoms with E-state index in [0.717, 1.165) is 11.5 Å². The zero-order valence-electron chi connectivity index (χ0n) is 14.1. The lowest BCUT2D eigenvalue weighted by atomic mass is 9.91. The van der Waals surface area contributed by atoms with Crippen molar-refractivity contribution < 1.29 is 4.42 Å². The van der Waals surface area contributed by atoms with Gasteiger partial charge < -0.3 is 9.32 Å². The predicted molar refractivity (Wildman–Crippen MR) is 97.2 cm³/mol. The zero-order chi connectivity index (χ0) is 16.0. The van der Waals surface area contributed by atoms with E-state index in [4.69, 9.17) is 4.42 Å². The van der Waals surface area contributed by atoms with E-state index in [1.807, 2.05) is 0 Å². The molecule has 0 unspecified atom stereocenters. The summed E-state index contributed by atoms with van der Waals surface area (Å²) in [5.41, 5.74) is 6.00. The van der Waals surface area contributed by atoms with E-state index >= 15 is 0 Å². The number of hydrogen-bond donors (Lipinski definition) is 0. The molecule has 0 N–H and O–H groups in total. The van der Waals surface area contributed by atoms with Crippen LogP contribution in [-0.4, -0.2) is 13.1 Å². The summed E-state index contributed by atoms with van der Waals surface area (Å²) in [5.74, 6) is 1.01. The second kappa shape index (κ2) is 5.45. The molecule has 1 aliphatic rings. The maximum absolute atomic E-state index is 6.28. The lowest BCUT2D eigenvalue weighted by Gasteiger charge is -2.35. The van der Waals surface area contributed by atoms with Crippen LogP contribution in [-0.2, 0) is 0 Å². The minimum absolute atomic E-state index is 0.612. The van der Waals surface area contributed by atoms with Crippen molar-refractivity contribution in [1.29, 1.82) is 0 Å². The summed E-state index contributed by atoms with van der Waals surface area (Å²) >= 11 is 0. The van der Waals surface area contributed by atoms with Crippen LogP contribution >= 0.6 is 0 Å². The van der Waals surface area contributed by atoms with Crippen LogP contribution in [0.4, 0.5) is 5.88 Å². The van der Waals surface area contributed by atoms with Gasteiger partial charge in [0.15, 0.2) is 0 Å². The molecular weight excluding hydrogens is 282 g/mol. The van der Waals surface area contributed by atoms with Gasteiger partial charge in [0.05, 0.1) is 5.56 Å². The van der Waals surface area contributed by atoms with E-state index in [-0.39, 0.29) is 0 Å². The van der Waals surface area contributed by atoms with Gasteiger partial charge in [-0.05, 0) is 50.8 Å². The van der Waals surface area contributed by atoms with Gasteiger partial charge in [-0.25, -0.2) is 0 Å². The fraction of sp³-hybridized carbons (Fsp3) is 0.333. The van der Waals surface area contributed by atoms with E-state index in [1.54, 1.807) is 0 Å². The Morgan fingerprint density at radius 1 is 0.957 bits per heavy atom. The number of hydrogen-bond acceptors (Lipinski definition) is 2. The molecule has 0 amide bonds. The predicted octanol–water partition coefficient (Wildman–Crippen LogP) is 5.71. The Morgan fingerprint density at radius 2 is 1.65 bits per heavy atom. The monoisotopic (exact) mass is 305 g/mol. The highest BCUT2D eigenvalue weighted by Gasteiger charge is 2.28. The number of fused-ring (bicyclic) bond motifs is 1. The number of rotatable bonds is 3. The van der Waals surface area contributed by atoms with E-state index in [2.05, 4.69) is 68.3 Å². The van der Waals surface area contributed by atoms with Gasteiger partial charge in [0.2, 0.25) is 5.88 Å². The highest BCUT2D eigenvalue weighted by molar-refractivity contribution is 6.00. The molecule has 0 saturated heterocycles. The fourth-order valence-corrected chi connectivity index (χ4v) is 3.39. The summed E-state index contributed by atoms with van der Waals surface area (Å²) in [6.45, 7) is 4.27. The number of aryl methyl sites for hydroxylation is 2. The number of benzene rings is 2. The molecule has 23 heavy (non-hydrogen) atoms. The quantitative estimate of drug-likeness (QED) is 0.616. The lowest BCUT2D eigenvalue weighted by molar-refractivity contribution is 0.386. The van der Waals surface area contributed by atoms with Crippen LogP contribution in [0.5, 0.6) is 0 Å². The molecular formula is C21H23NO. The number of furan rings is 1. The molecule has 0 bridgehead atoms. The van der Waals surface area contributed by atoms with Gasteiger partial charge in [0.1, 0.15) is 5.58 Å². The Bertz CT molecular complexity index is 840. The molecule has 0 aliphatic heterocycles. The summed E-state index contributed by atoms with van der Waals surface area (Å²) < 4.78 is 6.28. The third-order valence-electron chi connectivity index (χ3n) is 5.11. The number of nitrogens with zero attached hydrogens (tertiary/aromatic N) is 1. The average molecular weight is 305 g/mol. The average Bonchev–Trinajstić information content (AvgIpc) is 2.85. The zero-order valence-corrected chi connectivity index (χ0v) is 14.1. The first-order valence-corrected chi connectivity index (χ1v) is 8.46. The summed E-state index contributed by atoms with van der Waals surface area (Å²) in [7, 11) is 2.17. The van der Waals surface area contributed by atoms with E-state index < -0.39 is 0 Å². The molecule has 2 nitrogen and oxygen atoms in total. The highest BCUT2D eigenvalue weighted by atomic mass is 16.4. The van der Waals surface area contributed by atoms with Crippen molar-refractivity contribution in [1.82, 2.24) is 0 Å². The molecule has 1 aromatic heterocycles. The summed E-state index contributed by atoms with van der Waals surface area (Å²) in [5, 5.41) is 1.22. The normalized spacial score (nSPS) is 14.9. The molecule has 118 valence electrons. The third kappa shape index (κ3) is 2.42. The Morgan fingerprint density at radius 3 is 2.30 bits per heavy atom. The first-order valence-electron chi connectivity index (χ1n) is 8.46. The topological polar surface area (TPSA) is 16.4 Å². The molecule has 0 spiro atoms. The molecule has 0 atom stereocenters. The molecule has 0 radical (unpaired) electrons. The van der Waals surface area contributed by atoms with Crippen LogP contribution in [0.15, 0.2) is 46.9 Å². The Kier molecular flexibility index (Phi) is 3.41. The van der Waals surface area contributed by atoms with Crippen LogP contribution in [0.3, 0.4) is 0 Å². The van der Waals surface area contributed by atoms with Crippen LogP contribution in [0.2, 0.25) is 0 Å². The Hall–Kier alpha value is -2.22. The molecule has 1 saturated carbocycles. The van der Waals surface area contributed by atoms with Crippen LogP contribution in [0.1, 0.15) is 30.4 Å². The lowest BCUT2D eigenvalue weighted by Crippen LogP contribution is -2.37. The van der Waals surface area contributed by atoms with Gasteiger partial charge in [-0.3, -0.25) is 0 Å². The van der Waals surface area contributed by atoms with E-state index in [1.165, 1.54) is 46.9 Å². The van der Waals surface area contributed by atoms with Crippen molar-refractivity contribution >= 4 is 16.9 Å². The molecule has 1 fully saturated rings. The van der Waals surface area contributed by atoms with Crippen molar-refractivity contribution in [3.05, 3.63) is 53.6 Å². The van der Waals surface area contributed by atoms with Gasteiger partial charge in [-0.2, -0.15) is 0 Å². The van der Waals surface area contributed by atoms with Crippen molar-refractivity contribution in [2.24, 2.45) is 0 Å². The summed E-state index contributed by atoms with van der Waals surface area (Å²) in [4.78, 5) is 2.34. The molecule has 1 aliphatic carbocycles. The van der Waals surface area contributed by atoms with Crippen molar-refractivity contribution in [3.63, 3.8) is 0 Å². The van der Waals surface area contributed by atoms with Gasteiger partial charge in [-0.15, -0.1) is 0 Å². The smallest absolute Gasteiger partial charge is 0.204 e. The minimum Gasteiger partial charge on any atom is -0.440 e. The van der Waals surface area contributed by atoms with Gasteiger partial charge in [-0.1, -0.05) is 41.5 Å². The fourth-order valence-electron chi connectivity index (χ4n) is 3.39. The van der Waals surface area contributed by atoms with Gasteiger partial charge in [0.25, 0.3) is 0 Å². The summed E-state index contributed by atoms with van der Waals surface area (Å²) in [6, 6.07) is 15.8. The Balaban J connectivity index is 1.93. The minimum atomic E-state index is 0.612. The maximum atomic E-state index is 6.28. The van der Waals surface area contributed by atoms with Gasteiger partial charge >= 0.3 is 0 Å². The number of anilines is 1. The second-order valence-corrected chi connectivity index (χ2v) is 6.84. The maximum Gasteiger partial charge on any atom is 0.204 e. The van der Waals surface area contributed by atoms with Crippen LogP contribution in [0.25, 0.3) is 22.1 Å². The highest BCUT2D eigenvalue weighted by Crippen LogP contribution is 2.42. The Labute approximate surface area is 137 Å². The standard InChI is InChI=1S/C21H23NO/c1-14-7-10-16(11-8-14)20-18-13-15(2)9-12-19(18)23-21(20)22(3)17-5-4-6-17/h7-13,17H,4-6H2,1-3H3. The van der Waals surface area contributed by atoms with Crippen LogP contribution in [0, 0.1) is 13.8 Å². The molecule has 1 heterocycles. The van der Waals surface area contributed by atoms with Crippen LogP contribution < -0.4 is 4.90 Å². The van der Waals surface area contributed by atoms with E-state index in [9.17, 15) is 0 Å². The first-order chi connectivity index (χ1) is 11.1. The van der Waals surface area contributed by atoms with Gasteiger partial charge in [0, 0.05) is 18.5 Å². The largest absolute Gasteiger partial charge is 0.440 e. The van der Waals surface area contributed by atoms with Crippen molar-refractivity contribution in [2.75, 3.05) is 11.9 Å². The molecule has 2 aromatic carbocycles. The SMILES string of the molecule is Cc1ccc(-c2c(N(C)C3CCC3)oc3ccc(C)cc23)cc1. The van der Waals surface area contributed by atoms with E-state index in [0.29, 0.717) is 6.04 Å². The van der Waals surface area contributed by atoms with Crippen molar-refractivity contribution in [2.45, 2.75) is 39.2 Å². The first kappa shape index (κ1) is 14.4. The molecule has 3 aromatic rings. The molecule has 2 heteroatoms.